The van der Waals surface area contributed by atoms with E-state index in [0.29, 0.717) is 17.5 Å². The van der Waals surface area contributed by atoms with Gasteiger partial charge in [0.15, 0.2) is 17.5 Å². The van der Waals surface area contributed by atoms with Crippen LogP contribution >= 0.6 is 0 Å². The van der Waals surface area contributed by atoms with Gasteiger partial charge in [-0.05, 0) is 74.1 Å². The summed E-state index contributed by atoms with van der Waals surface area (Å²) >= 11 is 0. The average molecular weight is 652 g/mol. The van der Waals surface area contributed by atoms with E-state index >= 15 is 0 Å². The molecule has 0 radical (unpaired) electrons. The fourth-order valence-electron chi connectivity index (χ4n) is 7.27. The molecule has 0 saturated carbocycles. The fraction of sp³-hybridized carbons (Fsp3) is 0. The minimum absolute atomic E-state index is 0.594. The molecule has 0 amide bonds. The number of benzene rings is 8. The molecule has 0 bridgehead atoms. The van der Waals surface area contributed by atoms with E-state index in [1.165, 1.54) is 16.2 Å². The van der Waals surface area contributed by atoms with Crippen molar-refractivity contribution in [3.63, 3.8) is 0 Å². The molecule has 0 aliphatic carbocycles. The molecular formula is C47H29N3O. The normalized spacial score (nSPS) is 11.5. The molecule has 51 heavy (non-hydrogen) atoms. The first kappa shape index (κ1) is 29.0. The topological polar surface area (TPSA) is 51.8 Å². The smallest absolute Gasteiger partial charge is 0.164 e. The van der Waals surface area contributed by atoms with Crippen molar-refractivity contribution in [1.29, 1.82) is 0 Å². The summed E-state index contributed by atoms with van der Waals surface area (Å²) in [5.41, 5.74) is 8.81. The van der Waals surface area contributed by atoms with Crippen LogP contribution in [0.4, 0.5) is 0 Å². The van der Waals surface area contributed by atoms with Crippen molar-refractivity contribution in [2.45, 2.75) is 0 Å². The molecule has 0 atom stereocenters. The van der Waals surface area contributed by atoms with Crippen LogP contribution in [0.2, 0.25) is 0 Å². The molecule has 0 saturated heterocycles. The number of aromatic nitrogens is 3. The number of hydrogen-bond acceptors (Lipinski definition) is 4. The second kappa shape index (κ2) is 11.9. The standard InChI is InChI=1S/C47H29N3O/c1-3-12-30(13-4-1)33-24-27-38(41(29-33)31-14-5-2-6-15-31)46-48-45(35-25-26-37-34(28-35)23-22-32-16-7-8-17-36(32)37)49-47(50-46)40-19-11-21-43-44(40)39-18-9-10-20-42(39)51-43/h1-29H. The molecule has 0 N–H and O–H groups in total. The van der Waals surface area contributed by atoms with Crippen LogP contribution in [0.25, 0.3) is 99.9 Å². The van der Waals surface area contributed by atoms with Crippen LogP contribution in [-0.4, -0.2) is 15.0 Å². The van der Waals surface area contributed by atoms with Crippen molar-refractivity contribution < 1.29 is 4.42 Å². The molecule has 4 nitrogen and oxygen atoms in total. The Kier molecular flexibility index (Phi) is 6.78. The quantitative estimate of drug-likeness (QED) is 0.174. The van der Waals surface area contributed by atoms with Gasteiger partial charge in [-0.15, -0.1) is 0 Å². The van der Waals surface area contributed by atoms with Crippen LogP contribution in [-0.2, 0) is 0 Å². The van der Waals surface area contributed by atoms with Crippen molar-refractivity contribution in [2.75, 3.05) is 0 Å². The minimum Gasteiger partial charge on any atom is -0.456 e. The summed E-state index contributed by atoms with van der Waals surface area (Å²) in [6, 6.07) is 61.1. The molecule has 4 heteroatoms. The number of nitrogens with zero attached hydrogens (tertiary/aromatic N) is 3. The van der Waals surface area contributed by atoms with Gasteiger partial charge in [-0.2, -0.15) is 0 Å². The minimum atomic E-state index is 0.594. The molecule has 10 rings (SSSR count). The van der Waals surface area contributed by atoms with Crippen LogP contribution in [0.3, 0.4) is 0 Å². The van der Waals surface area contributed by atoms with Crippen LogP contribution in [0.15, 0.2) is 180 Å². The predicted octanol–water partition coefficient (Wildman–Crippen LogP) is 12.4. The fourth-order valence-corrected chi connectivity index (χ4v) is 7.27. The molecule has 10 aromatic rings. The zero-order chi connectivity index (χ0) is 33.7. The maximum absolute atomic E-state index is 6.29. The van der Waals surface area contributed by atoms with Gasteiger partial charge in [-0.1, -0.05) is 146 Å². The van der Waals surface area contributed by atoms with Gasteiger partial charge in [-0.25, -0.2) is 15.0 Å². The van der Waals surface area contributed by atoms with Gasteiger partial charge in [0.25, 0.3) is 0 Å². The van der Waals surface area contributed by atoms with Crippen molar-refractivity contribution in [1.82, 2.24) is 15.0 Å². The van der Waals surface area contributed by atoms with Crippen LogP contribution in [0.5, 0.6) is 0 Å². The zero-order valence-electron chi connectivity index (χ0n) is 27.5. The van der Waals surface area contributed by atoms with Gasteiger partial charge in [0, 0.05) is 27.5 Å². The van der Waals surface area contributed by atoms with Crippen molar-refractivity contribution in [2.24, 2.45) is 0 Å². The highest BCUT2D eigenvalue weighted by molar-refractivity contribution is 6.12. The number of furan rings is 1. The molecule has 2 aromatic heterocycles. The van der Waals surface area contributed by atoms with E-state index in [9.17, 15) is 0 Å². The number of rotatable bonds is 5. The van der Waals surface area contributed by atoms with Crippen molar-refractivity contribution in [3.05, 3.63) is 176 Å². The van der Waals surface area contributed by atoms with E-state index in [4.69, 9.17) is 19.4 Å². The Hall–Kier alpha value is -6.91. The lowest BCUT2D eigenvalue weighted by molar-refractivity contribution is 0.669. The summed E-state index contributed by atoms with van der Waals surface area (Å²) in [5, 5.41) is 6.79. The van der Waals surface area contributed by atoms with Gasteiger partial charge in [-0.3, -0.25) is 0 Å². The summed E-state index contributed by atoms with van der Waals surface area (Å²) in [4.78, 5) is 15.7. The Morgan fingerprint density at radius 3 is 1.78 bits per heavy atom. The molecule has 2 heterocycles. The van der Waals surface area contributed by atoms with E-state index in [2.05, 4.69) is 133 Å². The first-order valence-electron chi connectivity index (χ1n) is 17.1. The largest absolute Gasteiger partial charge is 0.456 e. The molecule has 0 fully saturated rings. The maximum atomic E-state index is 6.29. The average Bonchev–Trinajstić information content (AvgIpc) is 3.60. The van der Waals surface area contributed by atoms with Crippen molar-refractivity contribution >= 4 is 43.5 Å². The molecule has 0 spiro atoms. The Morgan fingerprint density at radius 1 is 0.314 bits per heavy atom. The van der Waals surface area contributed by atoms with Gasteiger partial charge in [0.05, 0.1) is 0 Å². The molecular weight excluding hydrogens is 623 g/mol. The summed E-state index contributed by atoms with van der Waals surface area (Å²) < 4.78 is 6.29. The number of hydrogen-bond donors (Lipinski definition) is 0. The van der Waals surface area contributed by atoms with E-state index in [-0.39, 0.29) is 0 Å². The van der Waals surface area contributed by atoms with Crippen LogP contribution < -0.4 is 0 Å². The van der Waals surface area contributed by atoms with E-state index in [1.54, 1.807) is 0 Å². The second-order valence-electron chi connectivity index (χ2n) is 12.8. The van der Waals surface area contributed by atoms with Gasteiger partial charge >= 0.3 is 0 Å². The zero-order valence-corrected chi connectivity index (χ0v) is 27.5. The van der Waals surface area contributed by atoms with E-state index in [1.807, 2.05) is 42.5 Å². The Labute approximate surface area is 294 Å². The third-order valence-corrected chi connectivity index (χ3v) is 9.73. The predicted molar refractivity (Wildman–Crippen MR) is 209 cm³/mol. The number of para-hydroxylation sites is 1. The highest BCUT2D eigenvalue weighted by atomic mass is 16.3. The molecule has 0 aliphatic heterocycles. The highest BCUT2D eigenvalue weighted by Crippen LogP contribution is 2.39. The monoisotopic (exact) mass is 651 g/mol. The summed E-state index contributed by atoms with van der Waals surface area (Å²) in [6.45, 7) is 0. The maximum Gasteiger partial charge on any atom is 0.164 e. The molecule has 0 aliphatic rings. The summed E-state index contributed by atoms with van der Waals surface area (Å²) in [6.07, 6.45) is 0. The second-order valence-corrected chi connectivity index (χ2v) is 12.8. The third kappa shape index (κ3) is 5.04. The third-order valence-electron chi connectivity index (χ3n) is 9.73. The molecule has 8 aromatic carbocycles. The summed E-state index contributed by atoms with van der Waals surface area (Å²) in [7, 11) is 0. The van der Waals surface area contributed by atoms with E-state index in [0.717, 1.165) is 66.3 Å². The van der Waals surface area contributed by atoms with Gasteiger partial charge < -0.3 is 4.42 Å². The SMILES string of the molecule is c1ccc(-c2ccc(-c3nc(-c4ccc5c(ccc6ccccc65)c4)nc(-c4cccc5oc6ccccc6c45)n3)c(-c3ccccc3)c2)cc1. The van der Waals surface area contributed by atoms with Crippen molar-refractivity contribution in [3.8, 4) is 56.4 Å². The van der Waals surface area contributed by atoms with E-state index < -0.39 is 0 Å². The summed E-state index contributed by atoms with van der Waals surface area (Å²) in [5.74, 6) is 1.81. The van der Waals surface area contributed by atoms with Gasteiger partial charge in [0.2, 0.25) is 0 Å². The van der Waals surface area contributed by atoms with Crippen LogP contribution in [0.1, 0.15) is 0 Å². The molecule has 0 unspecified atom stereocenters. The van der Waals surface area contributed by atoms with Crippen LogP contribution in [0, 0.1) is 0 Å². The first-order valence-corrected chi connectivity index (χ1v) is 17.1. The Balaban J connectivity index is 1.24. The molecule has 238 valence electrons. The van der Waals surface area contributed by atoms with Gasteiger partial charge in [0.1, 0.15) is 11.2 Å². The lowest BCUT2D eigenvalue weighted by atomic mass is 9.94. The number of fused-ring (bicyclic) bond motifs is 6. The highest BCUT2D eigenvalue weighted by Gasteiger charge is 2.20. The Morgan fingerprint density at radius 2 is 0.941 bits per heavy atom. The Bertz CT molecular complexity index is 2910. The lowest BCUT2D eigenvalue weighted by Gasteiger charge is -2.14. The first-order chi connectivity index (χ1) is 25.3. The lowest BCUT2D eigenvalue weighted by Crippen LogP contribution is -2.01.